The number of pyridine rings is 5. The summed E-state index contributed by atoms with van der Waals surface area (Å²) in [6, 6.07) is 30.2. The number of nitrogens with one attached hydrogen (secondary N) is 4. The van der Waals surface area contributed by atoms with E-state index < -0.39 is 94.5 Å². The number of benzene rings is 3. The largest absolute Gasteiger partial charge is 0.493 e. The van der Waals surface area contributed by atoms with Crippen molar-refractivity contribution in [3.63, 3.8) is 0 Å². The Bertz CT molecular complexity index is 5010. The number of halogens is 6. The number of carbonyl (C=O) groups excluding carboxylic acids is 3. The number of hydrogen-bond donors (Lipinski definition) is 4. The van der Waals surface area contributed by atoms with Crippen molar-refractivity contribution < 1.29 is 98.2 Å². The molecule has 0 bridgehead atoms. The molecule has 0 saturated heterocycles. The fraction of sp³-hybridized carbons (Fsp3) is 0.338. The summed E-state index contributed by atoms with van der Waals surface area (Å²) in [5.41, 5.74) is 2.04. The van der Waals surface area contributed by atoms with Gasteiger partial charge in [0.2, 0.25) is 11.8 Å². The molecule has 6 aromatic heterocycles. The number of H-pyrrole nitrogens is 1. The lowest BCUT2D eigenvalue weighted by molar-refractivity contribution is -0.154. The number of amides is 3. The molecule has 4 N–H and O–H groups in total. The van der Waals surface area contributed by atoms with Gasteiger partial charge in [0.05, 0.1) is 54.8 Å². The van der Waals surface area contributed by atoms with Crippen LogP contribution in [0.15, 0.2) is 155 Å². The Morgan fingerprint density at radius 3 is 1.26 bits per heavy atom. The summed E-state index contributed by atoms with van der Waals surface area (Å²) >= 11 is 0. The summed E-state index contributed by atoms with van der Waals surface area (Å²) in [4.78, 5) is 61.5. The Morgan fingerprint density at radius 1 is 0.491 bits per heavy atom. The lowest BCUT2D eigenvalue weighted by Gasteiger charge is -2.23. The van der Waals surface area contributed by atoms with E-state index >= 15 is 0 Å². The van der Waals surface area contributed by atoms with Crippen molar-refractivity contribution in [2.24, 2.45) is 17.8 Å². The standard InChI is InChI=1S/C27H32FN3O5S.C24H23F4N3O5S.C23H28FN5O4S.6H2/c1-6-21(7-2)36-27-23(26(32)31-37(33,34)25-10-8-9-18(5)29-25)11-12-24(30-27)19-13-20(28)15-22(14-19)35-16-17(3)4;1-14(2)12-35-18-10-16(9-17(25)11-18)20-8-7-19(23(30-20)36-13-24(26,27)28)22(32)31-37(33,34)21-6-4-5-15(3)29-21;1-5-29(6-2)22-19(23(30)28-34(31,32)21-9-10-25-27-21)7-8-20(26-22)16-11-17(24)13-18(12-16)33-14-15(3)4;;;;;;/h8-15,17,21H,6-7,16H2,1-5H3,(H,31,32);4-11,14H,12-13H2,1-3H3,(H,31,32);7-13,15H,5-6,14H2,1-4H3,(H,25,27)(H,28,30);6*1H. The fourth-order valence-corrected chi connectivity index (χ4v) is 12.5. The van der Waals surface area contributed by atoms with Crippen molar-refractivity contribution in [2.75, 3.05) is 44.4 Å². The number of aryl methyl sites for hydroxylation is 2. The fourth-order valence-electron chi connectivity index (χ4n) is 9.65. The van der Waals surface area contributed by atoms with Crippen LogP contribution in [0.25, 0.3) is 33.8 Å². The molecule has 3 aromatic carbocycles. The second-order valence-electron chi connectivity index (χ2n) is 25.4. The van der Waals surface area contributed by atoms with E-state index in [4.69, 9.17) is 23.7 Å². The zero-order valence-electron chi connectivity index (χ0n) is 61.1. The third-order valence-electron chi connectivity index (χ3n) is 14.9. The van der Waals surface area contributed by atoms with Gasteiger partial charge in [0.15, 0.2) is 21.7 Å². The summed E-state index contributed by atoms with van der Waals surface area (Å²) in [6.45, 7) is 23.0. The molecule has 0 radical (unpaired) electrons. The van der Waals surface area contributed by atoms with E-state index in [1.165, 1.54) is 98.0 Å². The average molecular weight is 1570 g/mol. The normalized spacial score (nSPS) is 11.6. The van der Waals surface area contributed by atoms with Gasteiger partial charge in [-0.2, -0.15) is 43.5 Å². The Labute approximate surface area is 631 Å². The molecule has 0 fully saturated rings. The van der Waals surface area contributed by atoms with Crippen LogP contribution < -0.4 is 42.8 Å². The van der Waals surface area contributed by atoms with Gasteiger partial charge in [-0.3, -0.25) is 19.5 Å². The van der Waals surface area contributed by atoms with E-state index in [2.05, 4.69) is 35.1 Å². The summed E-state index contributed by atoms with van der Waals surface area (Å²) < 4.78 is 191. The first-order valence-electron chi connectivity index (χ1n) is 33.9. The van der Waals surface area contributed by atoms with Crippen LogP contribution in [0, 0.1) is 49.1 Å². The molecule has 0 saturated carbocycles. The van der Waals surface area contributed by atoms with E-state index in [0.29, 0.717) is 91.2 Å². The highest BCUT2D eigenvalue weighted by atomic mass is 32.2. The molecule has 6 heterocycles. The van der Waals surface area contributed by atoms with E-state index in [9.17, 15) is 66.0 Å². The van der Waals surface area contributed by atoms with Crippen molar-refractivity contribution in [1.82, 2.24) is 49.3 Å². The van der Waals surface area contributed by atoms with Crippen molar-refractivity contribution in [3.05, 3.63) is 185 Å². The first kappa shape index (κ1) is 84.5. The number of carbonyl (C=O) groups is 3. The molecule has 3 amide bonds. The van der Waals surface area contributed by atoms with Gasteiger partial charge in [-0.15, -0.1) is 0 Å². The van der Waals surface area contributed by atoms with E-state index in [1.807, 2.05) is 83.6 Å². The highest BCUT2D eigenvalue weighted by molar-refractivity contribution is 7.90. The number of sulfonamides is 3. The molecule has 9 rings (SSSR count). The molecule has 108 heavy (non-hydrogen) atoms. The van der Waals surface area contributed by atoms with E-state index in [-0.39, 0.29) is 82.3 Å². The molecule has 0 atom stereocenters. The molecular formula is C74H95F6N11O14S3. The second kappa shape index (κ2) is 37.7. The maximum atomic E-state index is 14.4. The number of ether oxygens (including phenoxy) is 5. The van der Waals surface area contributed by atoms with Gasteiger partial charge in [-0.1, -0.05) is 67.5 Å². The van der Waals surface area contributed by atoms with Crippen LogP contribution >= 0.6 is 0 Å². The Kier molecular flexibility index (Phi) is 29.5. The minimum absolute atomic E-state index is 0. The van der Waals surface area contributed by atoms with Gasteiger partial charge in [-0.05, 0) is 161 Å². The van der Waals surface area contributed by atoms with E-state index in [0.717, 1.165) is 24.3 Å². The van der Waals surface area contributed by atoms with Gasteiger partial charge >= 0.3 is 6.18 Å². The number of alkyl halides is 3. The highest BCUT2D eigenvalue weighted by Gasteiger charge is 2.32. The summed E-state index contributed by atoms with van der Waals surface area (Å²) in [5, 5.41) is 4.96. The first-order valence-corrected chi connectivity index (χ1v) is 38.4. The van der Waals surface area contributed by atoms with Gasteiger partial charge in [0.25, 0.3) is 47.8 Å². The molecule has 0 aliphatic heterocycles. The van der Waals surface area contributed by atoms with Gasteiger partial charge in [-0.25, -0.2) is 52.3 Å². The van der Waals surface area contributed by atoms with Crippen LogP contribution in [-0.4, -0.2) is 130 Å². The number of rotatable bonds is 30. The molecule has 0 spiro atoms. The minimum atomic E-state index is -4.78. The smallest absolute Gasteiger partial charge is 0.422 e. The molecule has 9 aromatic rings. The van der Waals surface area contributed by atoms with Crippen molar-refractivity contribution in [1.29, 1.82) is 0 Å². The molecule has 590 valence electrons. The van der Waals surface area contributed by atoms with Crippen LogP contribution in [0.3, 0.4) is 0 Å². The molecule has 25 nitrogen and oxygen atoms in total. The third-order valence-corrected chi connectivity index (χ3v) is 18.7. The monoisotopic (exact) mass is 1570 g/mol. The zero-order chi connectivity index (χ0) is 79.4. The number of aromatic amines is 1. The topological polar surface area (TPSA) is 332 Å². The van der Waals surface area contributed by atoms with Crippen molar-refractivity contribution >= 4 is 53.6 Å². The van der Waals surface area contributed by atoms with Crippen LogP contribution in [0.1, 0.15) is 133 Å². The third kappa shape index (κ3) is 24.7. The zero-order valence-corrected chi connectivity index (χ0v) is 63.5. The predicted molar refractivity (Wildman–Crippen MR) is 403 cm³/mol. The van der Waals surface area contributed by atoms with Crippen LogP contribution in [-0.2, 0) is 30.1 Å². The second-order valence-corrected chi connectivity index (χ2v) is 30.3. The van der Waals surface area contributed by atoms with E-state index in [1.54, 1.807) is 35.9 Å². The van der Waals surface area contributed by atoms with Crippen LogP contribution in [0.2, 0.25) is 0 Å². The van der Waals surface area contributed by atoms with Gasteiger partial charge < -0.3 is 28.6 Å². The van der Waals surface area contributed by atoms with Crippen LogP contribution in [0.5, 0.6) is 29.0 Å². The Hall–Kier alpha value is -10.7. The minimum Gasteiger partial charge on any atom is -0.493 e. The number of aromatic nitrogens is 7. The van der Waals surface area contributed by atoms with Crippen LogP contribution in [0.4, 0.5) is 32.2 Å². The maximum absolute atomic E-state index is 14.4. The molecular weight excluding hydrogens is 1480 g/mol. The van der Waals surface area contributed by atoms with Crippen molar-refractivity contribution in [2.45, 2.75) is 123 Å². The first-order chi connectivity index (χ1) is 50.9. The lowest BCUT2D eigenvalue weighted by Crippen LogP contribution is -2.33. The molecule has 0 aliphatic rings. The predicted octanol–water partition coefficient (Wildman–Crippen LogP) is 15.1. The quantitative estimate of drug-likeness (QED) is 0.0304. The summed E-state index contributed by atoms with van der Waals surface area (Å²) in [7, 11) is -12.8. The molecule has 0 unspecified atom stereocenters. The summed E-state index contributed by atoms with van der Waals surface area (Å²) in [5.74, 6) is -3.69. The molecule has 0 aliphatic carbocycles. The lowest BCUT2D eigenvalue weighted by atomic mass is 10.1. The highest BCUT2D eigenvalue weighted by Crippen LogP contribution is 2.34. The van der Waals surface area contributed by atoms with Gasteiger partial charge in [0.1, 0.15) is 51.6 Å². The number of nitrogens with zero attached hydrogens (tertiary/aromatic N) is 7. The number of anilines is 1. The molecule has 34 heteroatoms. The van der Waals surface area contributed by atoms with Gasteiger partial charge in [0, 0.05) is 67.9 Å². The Balaban J connectivity index is 0.000000834. The van der Waals surface area contributed by atoms with Crippen molar-refractivity contribution in [3.8, 4) is 62.8 Å². The number of hydrogen-bond acceptors (Lipinski definition) is 21. The maximum Gasteiger partial charge on any atom is 0.422 e. The summed E-state index contributed by atoms with van der Waals surface area (Å²) in [6.07, 6.45) is -2.49. The Morgan fingerprint density at radius 2 is 0.880 bits per heavy atom. The average Bonchev–Trinajstić information content (AvgIpc) is 0.915. The SMILES string of the molecule is CCC(CC)Oc1nc(-c2cc(F)cc(OCC(C)C)c2)ccc1C(=O)NS(=O)(=O)c1cccc(C)n1.CCN(CC)c1nc(-c2cc(F)cc(OCC(C)C)c2)ccc1C(=O)NS(=O)(=O)c1ccn[nH]1.Cc1cccc(S(=O)(=O)NC(=O)c2ccc(-c3cc(F)cc(OCC(C)C)c3)nc2OCC(F)(F)F)n1.[HH].[HH].[HH].[HH].[HH].[HH].